The van der Waals surface area contributed by atoms with Crippen molar-refractivity contribution in [2.24, 2.45) is 0 Å². The van der Waals surface area contributed by atoms with E-state index in [9.17, 15) is 4.79 Å². The highest BCUT2D eigenvalue weighted by atomic mass is 16.4. The first kappa shape index (κ1) is 11.0. The quantitative estimate of drug-likeness (QED) is 0.876. The van der Waals surface area contributed by atoms with Gasteiger partial charge >= 0.3 is 5.97 Å². The summed E-state index contributed by atoms with van der Waals surface area (Å²) in [5.41, 5.74) is 4.94. The number of hydrogen-bond donors (Lipinski definition) is 1. The molecule has 0 amide bonds. The Morgan fingerprint density at radius 1 is 1.06 bits per heavy atom. The van der Waals surface area contributed by atoms with E-state index in [1.54, 1.807) is 12.3 Å². The van der Waals surface area contributed by atoms with Crippen molar-refractivity contribution in [2.75, 3.05) is 0 Å². The summed E-state index contributed by atoms with van der Waals surface area (Å²) in [4.78, 5) is 14.9. The van der Waals surface area contributed by atoms with Crippen molar-refractivity contribution in [2.45, 2.75) is 19.3 Å². The zero-order chi connectivity index (χ0) is 12.5. The van der Waals surface area contributed by atoms with Gasteiger partial charge in [-0.25, -0.2) is 4.79 Å². The van der Waals surface area contributed by atoms with Crippen molar-refractivity contribution in [3.8, 4) is 11.1 Å². The molecule has 0 unspecified atom stereocenters. The molecule has 0 aliphatic heterocycles. The van der Waals surface area contributed by atoms with E-state index in [1.165, 1.54) is 23.7 Å². The molecule has 1 aliphatic carbocycles. The van der Waals surface area contributed by atoms with Crippen molar-refractivity contribution in [1.82, 2.24) is 4.98 Å². The first-order valence-electron chi connectivity index (χ1n) is 6.04. The standard InChI is InChI=1S/C15H13NO2/c17-15(18)14-7-13(8-16-9-14)12-5-4-10-2-1-3-11(10)6-12/h4-9H,1-3H2,(H,17,18). The molecule has 1 N–H and O–H groups in total. The second-order valence-electron chi connectivity index (χ2n) is 4.60. The average molecular weight is 239 g/mol. The van der Waals surface area contributed by atoms with Gasteiger partial charge in [-0.2, -0.15) is 0 Å². The molecule has 0 bridgehead atoms. The van der Waals surface area contributed by atoms with Crippen molar-refractivity contribution in [3.05, 3.63) is 53.3 Å². The van der Waals surface area contributed by atoms with E-state index < -0.39 is 5.97 Å². The van der Waals surface area contributed by atoms with Crippen LogP contribution in [0.1, 0.15) is 27.9 Å². The molecule has 3 heteroatoms. The van der Waals surface area contributed by atoms with Gasteiger partial charge in [0.25, 0.3) is 0 Å². The number of benzene rings is 1. The summed E-state index contributed by atoms with van der Waals surface area (Å²) < 4.78 is 0. The van der Waals surface area contributed by atoms with E-state index in [0.717, 1.165) is 24.0 Å². The molecule has 1 heterocycles. The molecule has 0 spiro atoms. The molecule has 0 atom stereocenters. The number of pyridine rings is 1. The molecule has 1 aromatic carbocycles. The third-order valence-corrected chi connectivity index (χ3v) is 3.42. The molecule has 0 saturated heterocycles. The zero-order valence-electron chi connectivity index (χ0n) is 9.89. The number of nitrogens with zero attached hydrogens (tertiary/aromatic N) is 1. The van der Waals surface area contributed by atoms with Crippen LogP contribution in [-0.2, 0) is 12.8 Å². The fraction of sp³-hybridized carbons (Fsp3) is 0.200. The van der Waals surface area contributed by atoms with Crippen LogP contribution in [0.3, 0.4) is 0 Å². The Morgan fingerprint density at radius 2 is 1.89 bits per heavy atom. The molecule has 0 saturated carbocycles. The molecule has 3 nitrogen and oxygen atoms in total. The summed E-state index contributed by atoms with van der Waals surface area (Å²) in [5, 5.41) is 8.97. The summed E-state index contributed by atoms with van der Waals surface area (Å²) >= 11 is 0. The van der Waals surface area contributed by atoms with Crippen molar-refractivity contribution in [3.63, 3.8) is 0 Å². The Bertz CT molecular complexity index is 620. The highest BCUT2D eigenvalue weighted by Gasteiger charge is 2.12. The molecule has 18 heavy (non-hydrogen) atoms. The number of carbonyl (C=O) groups is 1. The van der Waals surface area contributed by atoms with E-state index in [4.69, 9.17) is 5.11 Å². The molecule has 90 valence electrons. The number of aromatic nitrogens is 1. The normalized spacial score (nSPS) is 13.3. The lowest BCUT2D eigenvalue weighted by molar-refractivity contribution is 0.0696. The maximum Gasteiger partial charge on any atom is 0.337 e. The fourth-order valence-electron chi connectivity index (χ4n) is 2.47. The van der Waals surface area contributed by atoms with E-state index >= 15 is 0 Å². The van der Waals surface area contributed by atoms with Gasteiger partial charge in [-0.15, -0.1) is 0 Å². The second-order valence-corrected chi connectivity index (χ2v) is 4.60. The summed E-state index contributed by atoms with van der Waals surface area (Å²) in [5.74, 6) is -0.939. The first-order valence-corrected chi connectivity index (χ1v) is 6.04. The molecular formula is C15H13NO2. The van der Waals surface area contributed by atoms with Gasteiger partial charge in [0.1, 0.15) is 0 Å². The number of fused-ring (bicyclic) bond motifs is 1. The van der Waals surface area contributed by atoms with E-state index in [-0.39, 0.29) is 5.56 Å². The van der Waals surface area contributed by atoms with Crippen LogP contribution in [0, 0.1) is 0 Å². The van der Waals surface area contributed by atoms with Crippen LogP contribution in [-0.4, -0.2) is 16.1 Å². The third-order valence-electron chi connectivity index (χ3n) is 3.42. The first-order chi connectivity index (χ1) is 8.74. The molecular weight excluding hydrogens is 226 g/mol. The van der Waals surface area contributed by atoms with Crippen LogP contribution in [0.2, 0.25) is 0 Å². The second kappa shape index (κ2) is 4.26. The lowest BCUT2D eigenvalue weighted by atomic mass is 10.0. The molecule has 1 aliphatic rings. The van der Waals surface area contributed by atoms with Gasteiger partial charge in [-0.1, -0.05) is 18.2 Å². The molecule has 0 fully saturated rings. The topological polar surface area (TPSA) is 50.2 Å². The van der Waals surface area contributed by atoms with Crippen molar-refractivity contribution in [1.29, 1.82) is 0 Å². The SMILES string of the molecule is O=C(O)c1cncc(-c2ccc3c(c2)CCC3)c1. The van der Waals surface area contributed by atoms with Crippen LogP contribution in [0.25, 0.3) is 11.1 Å². The maximum atomic E-state index is 10.9. The van der Waals surface area contributed by atoms with Gasteiger partial charge < -0.3 is 5.11 Å². The minimum Gasteiger partial charge on any atom is -0.478 e. The number of carboxylic acid groups (broad SMARTS) is 1. The number of hydrogen-bond acceptors (Lipinski definition) is 2. The molecule has 0 radical (unpaired) electrons. The highest BCUT2D eigenvalue weighted by molar-refractivity contribution is 5.88. The summed E-state index contributed by atoms with van der Waals surface area (Å²) in [6.45, 7) is 0. The summed E-state index contributed by atoms with van der Waals surface area (Å²) in [6, 6.07) is 8.02. The van der Waals surface area contributed by atoms with Crippen LogP contribution >= 0.6 is 0 Å². The number of aromatic carboxylic acids is 1. The summed E-state index contributed by atoms with van der Waals surface area (Å²) in [7, 11) is 0. The van der Waals surface area contributed by atoms with Gasteiger partial charge in [-0.3, -0.25) is 4.98 Å². The molecule has 2 aromatic rings. The minimum atomic E-state index is -0.939. The maximum absolute atomic E-state index is 10.9. The number of rotatable bonds is 2. The van der Waals surface area contributed by atoms with Crippen molar-refractivity contribution < 1.29 is 9.90 Å². The largest absolute Gasteiger partial charge is 0.478 e. The Balaban J connectivity index is 2.04. The molecule has 1 aromatic heterocycles. The van der Waals surface area contributed by atoms with Gasteiger partial charge in [0, 0.05) is 18.0 Å². The van der Waals surface area contributed by atoms with Crippen molar-refractivity contribution >= 4 is 5.97 Å². The van der Waals surface area contributed by atoms with Crippen LogP contribution in [0.4, 0.5) is 0 Å². The van der Waals surface area contributed by atoms with Gasteiger partial charge in [0.05, 0.1) is 5.56 Å². The van der Waals surface area contributed by atoms with Crippen LogP contribution in [0.15, 0.2) is 36.7 Å². The van der Waals surface area contributed by atoms with E-state index in [0.29, 0.717) is 0 Å². The Labute approximate surface area is 105 Å². The summed E-state index contributed by atoms with van der Waals surface area (Å²) in [6.07, 6.45) is 6.58. The predicted octanol–water partition coefficient (Wildman–Crippen LogP) is 2.94. The predicted molar refractivity (Wildman–Crippen MR) is 68.7 cm³/mol. The lowest BCUT2D eigenvalue weighted by Gasteiger charge is -2.05. The van der Waals surface area contributed by atoms with Crippen LogP contribution < -0.4 is 0 Å². The molecule has 3 rings (SSSR count). The average Bonchev–Trinajstić information content (AvgIpc) is 2.86. The fourth-order valence-corrected chi connectivity index (χ4v) is 2.47. The minimum absolute atomic E-state index is 0.230. The highest BCUT2D eigenvalue weighted by Crippen LogP contribution is 2.28. The van der Waals surface area contributed by atoms with Crippen LogP contribution in [0.5, 0.6) is 0 Å². The lowest BCUT2D eigenvalue weighted by Crippen LogP contribution is -1.97. The number of carboxylic acids is 1. The van der Waals surface area contributed by atoms with E-state index in [1.807, 2.05) is 6.07 Å². The Morgan fingerprint density at radius 3 is 2.72 bits per heavy atom. The number of aryl methyl sites for hydroxylation is 2. The van der Waals surface area contributed by atoms with E-state index in [2.05, 4.69) is 17.1 Å². The van der Waals surface area contributed by atoms with Gasteiger partial charge in [-0.05, 0) is 42.0 Å². The third kappa shape index (κ3) is 1.88. The van der Waals surface area contributed by atoms with Gasteiger partial charge in [0.15, 0.2) is 0 Å². The Hall–Kier alpha value is -2.16. The smallest absolute Gasteiger partial charge is 0.337 e. The monoisotopic (exact) mass is 239 g/mol. The Kier molecular flexibility index (Phi) is 2.59. The zero-order valence-corrected chi connectivity index (χ0v) is 9.89. The van der Waals surface area contributed by atoms with Gasteiger partial charge in [0.2, 0.25) is 0 Å².